The van der Waals surface area contributed by atoms with Gasteiger partial charge < -0.3 is 10.8 Å². The number of sulfonamides is 1. The summed E-state index contributed by atoms with van der Waals surface area (Å²) in [4.78, 5) is 14.8. The number of hydrogen-bond donors (Lipinski definition) is 2. The summed E-state index contributed by atoms with van der Waals surface area (Å²) < 4.78 is 25.7. The highest BCUT2D eigenvalue weighted by Gasteiger charge is 2.43. The van der Waals surface area contributed by atoms with E-state index in [0.29, 0.717) is 0 Å². The van der Waals surface area contributed by atoms with Crippen molar-refractivity contribution in [3.8, 4) is 0 Å². The zero-order valence-electron chi connectivity index (χ0n) is 9.73. The molecule has 1 aliphatic heterocycles. The molecule has 0 spiro atoms. The largest absolute Gasteiger partial charge is 0.392 e. The van der Waals surface area contributed by atoms with E-state index < -0.39 is 28.1 Å². The summed E-state index contributed by atoms with van der Waals surface area (Å²) in [5.41, 5.74) is 5.16. The van der Waals surface area contributed by atoms with Crippen molar-refractivity contribution in [3.05, 3.63) is 23.5 Å². The number of nitrogens with two attached hydrogens (primary N) is 1. The van der Waals surface area contributed by atoms with E-state index in [4.69, 9.17) is 17.3 Å². The summed E-state index contributed by atoms with van der Waals surface area (Å²) >= 11 is 5.76. The van der Waals surface area contributed by atoms with Crippen molar-refractivity contribution in [2.24, 2.45) is 5.73 Å². The summed E-state index contributed by atoms with van der Waals surface area (Å²) in [6.45, 7) is -0.193. The molecular formula is C10H12ClN3O4S. The van der Waals surface area contributed by atoms with Crippen LogP contribution in [0.4, 0.5) is 0 Å². The van der Waals surface area contributed by atoms with Crippen LogP contribution in [-0.4, -0.2) is 47.4 Å². The molecule has 0 aliphatic carbocycles. The van der Waals surface area contributed by atoms with E-state index in [9.17, 15) is 18.3 Å². The van der Waals surface area contributed by atoms with Crippen molar-refractivity contribution in [1.82, 2.24) is 9.29 Å². The summed E-state index contributed by atoms with van der Waals surface area (Å²) in [5.74, 6) is -0.805. The van der Waals surface area contributed by atoms with E-state index in [1.165, 1.54) is 18.3 Å². The minimum absolute atomic E-state index is 0.0214. The number of aliphatic hydroxyl groups is 1. The van der Waals surface area contributed by atoms with Crippen LogP contribution in [0.25, 0.3) is 0 Å². The van der Waals surface area contributed by atoms with E-state index in [1.807, 2.05) is 0 Å². The summed E-state index contributed by atoms with van der Waals surface area (Å²) in [6.07, 6.45) is 0.404. The Hall–Kier alpha value is -1.22. The zero-order valence-corrected chi connectivity index (χ0v) is 11.3. The van der Waals surface area contributed by atoms with Crippen molar-refractivity contribution < 1.29 is 18.3 Å². The number of amides is 1. The standard InChI is InChI=1S/C10H12ClN3O4S/c11-9-8(2-1-3-13-9)19(17,18)14-5-6(15)4-7(14)10(12)16/h1-3,6-7,15H,4-5H2,(H2,12,16). The van der Waals surface area contributed by atoms with Crippen LogP contribution in [0.2, 0.25) is 5.15 Å². The van der Waals surface area contributed by atoms with Crippen LogP contribution in [-0.2, 0) is 14.8 Å². The molecule has 1 fully saturated rings. The average molecular weight is 306 g/mol. The number of hydrogen-bond acceptors (Lipinski definition) is 5. The van der Waals surface area contributed by atoms with Crippen molar-refractivity contribution in [1.29, 1.82) is 0 Å². The maximum Gasteiger partial charge on any atom is 0.246 e. The number of halogens is 1. The number of aromatic nitrogens is 1. The number of aliphatic hydroxyl groups excluding tert-OH is 1. The highest BCUT2D eigenvalue weighted by molar-refractivity contribution is 7.89. The third-order valence-electron chi connectivity index (χ3n) is 2.87. The van der Waals surface area contributed by atoms with E-state index in [0.717, 1.165) is 4.31 Å². The van der Waals surface area contributed by atoms with E-state index in [-0.39, 0.29) is 23.0 Å². The van der Waals surface area contributed by atoms with Gasteiger partial charge in [0.2, 0.25) is 15.9 Å². The summed E-state index contributed by atoms with van der Waals surface area (Å²) in [6, 6.07) is 1.63. The monoisotopic (exact) mass is 305 g/mol. The first-order chi connectivity index (χ1) is 8.84. The fourth-order valence-corrected chi connectivity index (χ4v) is 4.07. The van der Waals surface area contributed by atoms with Gasteiger partial charge in [0.05, 0.1) is 6.10 Å². The molecule has 2 atom stereocenters. The zero-order chi connectivity index (χ0) is 14.2. The number of nitrogens with zero attached hydrogens (tertiary/aromatic N) is 2. The van der Waals surface area contributed by atoms with Gasteiger partial charge >= 0.3 is 0 Å². The van der Waals surface area contributed by atoms with Gasteiger partial charge in [0.25, 0.3) is 0 Å². The number of carbonyl (C=O) groups excluding carboxylic acids is 1. The van der Waals surface area contributed by atoms with Crippen LogP contribution in [0.3, 0.4) is 0 Å². The van der Waals surface area contributed by atoms with Gasteiger partial charge in [-0.2, -0.15) is 4.31 Å². The molecule has 0 radical (unpaired) electrons. The molecule has 0 saturated carbocycles. The summed E-state index contributed by atoms with van der Waals surface area (Å²) in [7, 11) is -4.02. The highest BCUT2D eigenvalue weighted by atomic mass is 35.5. The maximum absolute atomic E-state index is 12.4. The molecule has 0 aromatic carbocycles. The molecule has 2 rings (SSSR count). The predicted octanol–water partition coefficient (Wildman–Crippen LogP) is -0.656. The Morgan fingerprint density at radius 2 is 2.26 bits per heavy atom. The second-order valence-corrected chi connectivity index (χ2v) is 6.39. The summed E-state index contributed by atoms with van der Waals surface area (Å²) in [5, 5.41) is 9.35. The van der Waals surface area contributed by atoms with Gasteiger partial charge in [-0.25, -0.2) is 13.4 Å². The molecule has 1 aliphatic rings. The van der Waals surface area contributed by atoms with Crippen LogP contribution in [0, 0.1) is 0 Å². The quantitative estimate of drug-likeness (QED) is 0.720. The molecule has 104 valence electrons. The van der Waals surface area contributed by atoms with Gasteiger partial charge in [-0.1, -0.05) is 11.6 Å². The highest BCUT2D eigenvalue weighted by Crippen LogP contribution is 2.29. The van der Waals surface area contributed by atoms with Gasteiger partial charge in [-0.3, -0.25) is 4.79 Å². The molecule has 19 heavy (non-hydrogen) atoms. The Balaban J connectivity index is 2.45. The van der Waals surface area contributed by atoms with E-state index in [1.54, 1.807) is 0 Å². The molecule has 1 aromatic rings. The van der Waals surface area contributed by atoms with Crippen LogP contribution in [0.1, 0.15) is 6.42 Å². The van der Waals surface area contributed by atoms with Crippen molar-refractivity contribution >= 4 is 27.5 Å². The normalized spacial score (nSPS) is 24.5. The Morgan fingerprint density at radius 3 is 2.84 bits per heavy atom. The third kappa shape index (κ3) is 2.57. The SMILES string of the molecule is NC(=O)C1CC(O)CN1S(=O)(=O)c1cccnc1Cl. The van der Waals surface area contributed by atoms with Crippen LogP contribution < -0.4 is 5.73 Å². The molecule has 0 bridgehead atoms. The Morgan fingerprint density at radius 1 is 1.58 bits per heavy atom. The second-order valence-electron chi connectivity index (χ2n) is 4.17. The second kappa shape index (κ2) is 5.04. The van der Waals surface area contributed by atoms with Crippen LogP contribution in [0.5, 0.6) is 0 Å². The molecule has 1 saturated heterocycles. The first-order valence-electron chi connectivity index (χ1n) is 5.44. The molecule has 1 amide bonds. The number of rotatable bonds is 3. The lowest BCUT2D eigenvalue weighted by Crippen LogP contribution is -2.43. The smallest absolute Gasteiger partial charge is 0.246 e. The minimum atomic E-state index is -4.02. The van der Waals surface area contributed by atoms with Gasteiger partial charge in [0.1, 0.15) is 16.1 Å². The van der Waals surface area contributed by atoms with Gasteiger partial charge in [-0.05, 0) is 12.1 Å². The Kier molecular flexibility index (Phi) is 3.77. The lowest BCUT2D eigenvalue weighted by molar-refractivity contribution is -0.121. The maximum atomic E-state index is 12.4. The molecule has 9 heteroatoms. The van der Waals surface area contributed by atoms with Crippen LogP contribution >= 0.6 is 11.6 Å². The number of primary amides is 1. The number of carbonyl (C=O) groups is 1. The Bertz CT molecular complexity index is 607. The first kappa shape index (κ1) is 14.2. The topological polar surface area (TPSA) is 114 Å². The van der Waals surface area contributed by atoms with Gasteiger partial charge in [0.15, 0.2) is 0 Å². The molecule has 7 nitrogen and oxygen atoms in total. The van der Waals surface area contributed by atoms with E-state index >= 15 is 0 Å². The van der Waals surface area contributed by atoms with Gasteiger partial charge in [0, 0.05) is 19.2 Å². The first-order valence-corrected chi connectivity index (χ1v) is 7.25. The lowest BCUT2D eigenvalue weighted by atomic mass is 10.2. The fourth-order valence-electron chi connectivity index (χ4n) is 2.00. The molecule has 3 N–H and O–H groups in total. The predicted molar refractivity (Wildman–Crippen MR) is 66.7 cm³/mol. The van der Waals surface area contributed by atoms with E-state index in [2.05, 4.69) is 4.98 Å². The number of β-amino-alcohol motifs (C(OH)–C–C–N with tert-alkyl or cyclic N) is 1. The molecule has 1 aromatic heterocycles. The lowest BCUT2D eigenvalue weighted by Gasteiger charge is -2.21. The fraction of sp³-hybridized carbons (Fsp3) is 0.400. The Labute approximate surface area is 115 Å². The van der Waals surface area contributed by atoms with Gasteiger partial charge in [-0.15, -0.1) is 0 Å². The van der Waals surface area contributed by atoms with Crippen molar-refractivity contribution in [2.75, 3.05) is 6.54 Å². The minimum Gasteiger partial charge on any atom is -0.392 e. The molecule has 2 heterocycles. The van der Waals surface area contributed by atoms with Crippen molar-refractivity contribution in [3.63, 3.8) is 0 Å². The molecule has 2 unspecified atom stereocenters. The average Bonchev–Trinajstić information content (AvgIpc) is 2.72. The van der Waals surface area contributed by atoms with Crippen molar-refractivity contribution in [2.45, 2.75) is 23.5 Å². The van der Waals surface area contributed by atoms with Crippen LogP contribution in [0.15, 0.2) is 23.2 Å². The third-order valence-corrected chi connectivity index (χ3v) is 5.19. The number of pyridine rings is 1. The molecular weight excluding hydrogens is 294 g/mol.